The molecule has 140 valence electrons. The second-order valence-corrected chi connectivity index (χ2v) is 6.70. The molecule has 0 heterocycles. The number of allylic oxidation sites excluding steroid dienone is 4. The summed E-state index contributed by atoms with van der Waals surface area (Å²) < 4.78 is 4.65. The molecule has 2 nitrogen and oxygen atoms in total. The van der Waals surface area contributed by atoms with Crippen LogP contribution in [0.4, 0.5) is 0 Å². The van der Waals surface area contributed by atoms with Gasteiger partial charge in [-0.2, -0.15) is 0 Å². The lowest BCUT2D eigenvalue weighted by molar-refractivity contribution is -0.140. The maximum absolute atomic E-state index is 11.0. The van der Waals surface area contributed by atoms with Crippen LogP contribution in [0.15, 0.2) is 24.3 Å². The molecule has 0 aromatic heterocycles. The maximum atomic E-state index is 11.0. The summed E-state index contributed by atoms with van der Waals surface area (Å²) in [6, 6.07) is 0. The number of carbonyl (C=O) groups excluding carboxylic acids is 1. The van der Waals surface area contributed by atoms with Gasteiger partial charge in [0.2, 0.25) is 0 Å². The largest absolute Gasteiger partial charge is 0.469 e. The van der Waals surface area contributed by atoms with E-state index in [0.29, 0.717) is 12.3 Å². The Bertz CT molecular complexity index is 331. The van der Waals surface area contributed by atoms with Gasteiger partial charge in [0.05, 0.1) is 7.11 Å². The van der Waals surface area contributed by atoms with Crippen LogP contribution in [0.1, 0.15) is 97.3 Å². The van der Waals surface area contributed by atoms with Gasteiger partial charge in [-0.05, 0) is 38.5 Å². The van der Waals surface area contributed by atoms with Crippen LogP contribution >= 0.6 is 0 Å². The SMILES string of the molecule is C/C=C\C(/C=C/CCCCCC)CCCCCCCCC(=O)OC. The monoisotopic (exact) mass is 336 g/mol. The lowest BCUT2D eigenvalue weighted by Gasteiger charge is -2.08. The van der Waals surface area contributed by atoms with Crippen LogP contribution in [0, 0.1) is 5.92 Å². The molecule has 0 aliphatic heterocycles. The molecule has 0 saturated carbocycles. The summed E-state index contributed by atoms with van der Waals surface area (Å²) in [5.41, 5.74) is 0. The van der Waals surface area contributed by atoms with Gasteiger partial charge in [-0.1, -0.05) is 82.6 Å². The molecule has 0 spiro atoms. The minimum atomic E-state index is -0.0781. The molecule has 0 rings (SSSR count). The van der Waals surface area contributed by atoms with Crippen molar-refractivity contribution in [1.82, 2.24) is 0 Å². The van der Waals surface area contributed by atoms with Gasteiger partial charge in [0.25, 0.3) is 0 Å². The van der Waals surface area contributed by atoms with Gasteiger partial charge in [-0.25, -0.2) is 0 Å². The first-order chi connectivity index (χ1) is 11.7. The van der Waals surface area contributed by atoms with E-state index < -0.39 is 0 Å². The van der Waals surface area contributed by atoms with Gasteiger partial charge in [0, 0.05) is 6.42 Å². The second-order valence-electron chi connectivity index (χ2n) is 6.70. The highest BCUT2D eigenvalue weighted by Crippen LogP contribution is 2.16. The van der Waals surface area contributed by atoms with Gasteiger partial charge in [-0.15, -0.1) is 0 Å². The van der Waals surface area contributed by atoms with E-state index in [1.54, 1.807) is 0 Å². The third-order valence-corrected chi connectivity index (χ3v) is 4.44. The van der Waals surface area contributed by atoms with Gasteiger partial charge in [0.15, 0.2) is 0 Å². The number of esters is 1. The summed E-state index contributed by atoms with van der Waals surface area (Å²) in [7, 11) is 1.46. The first-order valence-corrected chi connectivity index (χ1v) is 10.1. The van der Waals surface area contributed by atoms with Crippen LogP contribution in [0.5, 0.6) is 0 Å². The smallest absolute Gasteiger partial charge is 0.305 e. The van der Waals surface area contributed by atoms with Crippen molar-refractivity contribution in [2.75, 3.05) is 7.11 Å². The number of hydrogen-bond donors (Lipinski definition) is 0. The Labute approximate surface area is 150 Å². The number of methoxy groups -OCH3 is 1. The van der Waals surface area contributed by atoms with E-state index in [-0.39, 0.29) is 5.97 Å². The molecular weight excluding hydrogens is 296 g/mol. The van der Waals surface area contributed by atoms with Crippen molar-refractivity contribution in [3.8, 4) is 0 Å². The fourth-order valence-electron chi connectivity index (χ4n) is 2.92. The lowest BCUT2D eigenvalue weighted by Crippen LogP contribution is -1.99. The van der Waals surface area contributed by atoms with Crippen LogP contribution < -0.4 is 0 Å². The molecule has 0 saturated heterocycles. The topological polar surface area (TPSA) is 26.3 Å². The maximum Gasteiger partial charge on any atom is 0.305 e. The number of unbranched alkanes of at least 4 members (excludes halogenated alkanes) is 9. The van der Waals surface area contributed by atoms with Crippen LogP contribution in [-0.2, 0) is 9.53 Å². The standard InChI is InChI=1S/C22H40O2/c1-4-6-7-8-11-14-18-21(17-5-2)19-15-12-9-10-13-16-20-22(23)24-3/h5,14,17-18,21H,4,6-13,15-16,19-20H2,1-3H3/b17-5-,18-14+. The molecule has 0 aromatic carbocycles. The molecule has 2 heteroatoms. The molecule has 0 fully saturated rings. The summed E-state index contributed by atoms with van der Waals surface area (Å²) in [5.74, 6) is 0.533. The predicted octanol–water partition coefficient (Wildman–Crippen LogP) is 7.00. The zero-order valence-corrected chi connectivity index (χ0v) is 16.4. The highest BCUT2D eigenvalue weighted by molar-refractivity contribution is 5.68. The Kier molecular flexibility index (Phi) is 17.5. The molecule has 24 heavy (non-hydrogen) atoms. The van der Waals surface area contributed by atoms with Crippen LogP contribution in [-0.4, -0.2) is 13.1 Å². The predicted molar refractivity (Wildman–Crippen MR) is 105 cm³/mol. The Hall–Kier alpha value is -1.05. The highest BCUT2D eigenvalue weighted by atomic mass is 16.5. The summed E-state index contributed by atoms with van der Waals surface area (Å²) in [4.78, 5) is 11.0. The summed E-state index contributed by atoms with van der Waals surface area (Å²) >= 11 is 0. The van der Waals surface area contributed by atoms with Crippen molar-refractivity contribution >= 4 is 5.97 Å². The second kappa shape index (κ2) is 18.3. The van der Waals surface area contributed by atoms with E-state index in [2.05, 4.69) is 42.9 Å². The van der Waals surface area contributed by atoms with Gasteiger partial charge < -0.3 is 4.74 Å². The number of ether oxygens (including phenoxy) is 1. The first kappa shape index (κ1) is 22.9. The zero-order valence-electron chi connectivity index (χ0n) is 16.4. The minimum Gasteiger partial charge on any atom is -0.469 e. The molecular formula is C22H40O2. The number of hydrogen-bond acceptors (Lipinski definition) is 2. The van der Waals surface area contributed by atoms with Crippen LogP contribution in [0.25, 0.3) is 0 Å². The molecule has 0 N–H and O–H groups in total. The van der Waals surface area contributed by atoms with Gasteiger partial charge in [0.1, 0.15) is 0 Å². The van der Waals surface area contributed by atoms with E-state index >= 15 is 0 Å². The number of rotatable bonds is 16. The third kappa shape index (κ3) is 15.8. The van der Waals surface area contributed by atoms with Gasteiger partial charge >= 0.3 is 5.97 Å². The van der Waals surface area contributed by atoms with Gasteiger partial charge in [-0.3, -0.25) is 4.79 Å². The molecule has 0 amide bonds. The molecule has 1 unspecified atom stereocenters. The van der Waals surface area contributed by atoms with Crippen LogP contribution in [0.3, 0.4) is 0 Å². The van der Waals surface area contributed by atoms with E-state index in [9.17, 15) is 4.79 Å². The van der Waals surface area contributed by atoms with E-state index in [0.717, 1.165) is 12.8 Å². The number of carbonyl (C=O) groups is 1. The fraction of sp³-hybridized carbons (Fsp3) is 0.773. The zero-order chi connectivity index (χ0) is 17.9. The van der Waals surface area contributed by atoms with Crippen molar-refractivity contribution in [2.45, 2.75) is 97.3 Å². The summed E-state index contributed by atoms with van der Waals surface area (Å²) in [6.45, 7) is 4.38. The molecule has 0 bridgehead atoms. The quantitative estimate of drug-likeness (QED) is 0.172. The molecule has 0 aliphatic rings. The average molecular weight is 337 g/mol. The Morgan fingerprint density at radius 1 is 0.917 bits per heavy atom. The third-order valence-electron chi connectivity index (χ3n) is 4.44. The Morgan fingerprint density at radius 3 is 2.25 bits per heavy atom. The lowest BCUT2D eigenvalue weighted by atomic mass is 9.98. The molecule has 0 aliphatic carbocycles. The summed E-state index contributed by atoms with van der Waals surface area (Å²) in [5, 5.41) is 0. The molecule has 0 aromatic rings. The first-order valence-electron chi connectivity index (χ1n) is 10.1. The van der Waals surface area contributed by atoms with E-state index in [1.807, 2.05) is 0 Å². The summed E-state index contributed by atoms with van der Waals surface area (Å²) in [6.07, 6.45) is 25.0. The highest BCUT2D eigenvalue weighted by Gasteiger charge is 2.01. The van der Waals surface area contributed by atoms with Crippen molar-refractivity contribution < 1.29 is 9.53 Å². The van der Waals surface area contributed by atoms with Crippen molar-refractivity contribution in [3.63, 3.8) is 0 Å². The molecule has 0 radical (unpaired) electrons. The Morgan fingerprint density at radius 2 is 1.58 bits per heavy atom. The minimum absolute atomic E-state index is 0.0781. The van der Waals surface area contributed by atoms with Crippen molar-refractivity contribution in [2.24, 2.45) is 5.92 Å². The Balaban J connectivity index is 3.63. The van der Waals surface area contributed by atoms with Crippen molar-refractivity contribution in [1.29, 1.82) is 0 Å². The van der Waals surface area contributed by atoms with E-state index in [4.69, 9.17) is 0 Å². The van der Waals surface area contributed by atoms with Crippen molar-refractivity contribution in [3.05, 3.63) is 24.3 Å². The van der Waals surface area contributed by atoms with Crippen LogP contribution in [0.2, 0.25) is 0 Å². The molecule has 1 atom stereocenters. The van der Waals surface area contributed by atoms with E-state index in [1.165, 1.54) is 71.3 Å². The normalized spacial score (nSPS) is 13.0. The average Bonchev–Trinajstić information content (AvgIpc) is 2.59. The fourth-order valence-corrected chi connectivity index (χ4v) is 2.92.